The van der Waals surface area contributed by atoms with Crippen molar-refractivity contribution in [3.05, 3.63) is 58.6 Å². The molecule has 0 saturated carbocycles. The van der Waals surface area contributed by atoms with E-state index in [4.69, 9.17) is 26.3 Å². The molecule has 0 radical (unpaired) electrons. The molecule has 21 heavy (non-hydrogen) atoms. The fourth-order valence-electron chi connectivity index (χ4n) is 1.65. The number of hydrogen-bond acceptors (Lipinski definition) is 4. The summed E-state index contributed by atoms with van der Waals surface area (Å²) in [6.45, 7) is 1.59. The second kappa shape index (κ2) is 6.78. The molecule has 0 fully saturated rings. The zero-order valence-electron chi connectivity index (χ0n) is 11.3. The minimum absolute atomic E-state index is 0.214. The lowest BCUT2D eigenvalue weighted by Crippen LogP contribution is -2.18. The summed E-state index contributed by atoms with van der Waals surface area (Å²) in [5.41, 5.74) is 1.30. The highest BCUT2D eigenvalue weighted by atomic mass is 35.5. The highest BCUT2D eigenvalue weighted by Crippen LogP contribution is 2.22. The van der Waals surface area contributed by atoms with Crippen molar-refractivity contribution >= 4 is 17.6 Å². The summed E-state index contributed by atoms with van der Waals surface area (Å²) in [7, 11) is 0. The van der Waals surface area contributed by atoms with Gasteiger partial charge >= 0.3 is 5.97 Å². The van der Waals surface area contributed by atoms with Gasteiger partial charge in [0.25, 0.3) is 0 Å². The Balaban J connectivity index is 1.91. The van der Waals surface area contributed by atoms with Crippen LogP contribution >= 0.6 is 11.6 Å². The predicted molar refractivity (Wildman–Crippen MR) is 78.5 cm³/mol. The van der Waals surface area contributed by atoms with Gasteiger partial charge in [0.1, 0.15) is 11.5 Å². The topological polar surface area (TPSA) is 59.3 Å². The Bertz CT molecular complexity index is 690. The van der Waals surface area contributed by atoms with Crippen LogP contribution in [0, 0.1) is 18.3 Å². The van der Waals surface area contributed by atoms with Gasteiger partial charge in [-0.2, -0.15) is 5.26 Å². The van der Waals surface area contributed by atoms with E-state index in [0.717, 1.165) is 5.56 Å². The summed E-state index contributed by atoms with van der Waals surface area (Å²) < 4.78 is 10.5. The Morgan fingerprint density at radius 1 is 1.24 bits per heavy atom. The third kappa shape index (κ3) is 4.23. The van der Waals surface area contributed by atoms with E-state index in [1.165, 1.54) is 0 Å². The molecule has 0 atom stereocenters. The van der Waals surface area contributed by atoms with Crippen LogP contribution in [-0.2, 0) is 4.79 Å². The first-order chi connectivity index (χ1) is 10.1. The smallest absolute Gasteiger partial charge is 0.349 e. The van der Waals surface area contributed by atoms with Crippen molar-refractivity contribution in [2.45, 2.75) is 6.92 Å². The van der Waals surface area contributed by atoms with E-state index < -0.39 is 5.97 Å². The van der Waals surface area contributed by atoms with Crippen LogP contribution in [0.3, 0.4) is 0 Å². The number of carbonyl (C=O) groups is 1. The van der Waals surface area contributed by atoms with Gasteiger partial charge in [0.05, 0.1) is 11.6 Å². The minimum atomic E-state index is -0.509. The summed E-state index contributed by atoms with van der Waals surface area (Å²) in [4.78, 5) is 11.7. The maximum Gasteiger partial charge on any atom is 0.349 e. The van der Waals surface area contributed by atoms with Crippen molar-refractivity contribution in [2.75, 3.05) is 6.61 Å². The van der Waals surface area contributed by atoms with Crippen LogP contribution in [0.15, 0.2) is 42.5 Å². The Hall–Kier alpha value is -2.51. The third-order valence-corrected chi connectivity index (χ3v) is 2.94. The predicted octanol–water partition coefficient (Wildman–Crippen LogP) is 3.50. The average Bonchev–Trinajstić information content (AvgIpc) is 2.48. The SMILES string of the molecule is Cc1cc(Cl)ccc1OC(=O)COc1ccc(C#N)cc1. The number of nitrogens with zero attached hydrogens (tertiary/aromatic N) is 1. The molecular formula is C16H12ClNO3. The Morgan fingerprint density at radius 2 is 1.95 bits per heavy atom. The third-order valence-electron chi connectivity index (χ3n) is 2.70. The van der Waals surface area contributed by atoms with Crippen LogP contribution in [0.2, 0.25) is 5.02 Å². The lowest BCUT2D eigenvalue weighted by atomic mass is 10.2. The number of esters is 1. The minimum Gasteiger partial charge on any atom is -0.482 e. The van der Waals surface area contributed by atoms with Crippen molar-refractivity contribution in [3.63, 3.8) is 0 Å². The van der Waals surface area contributed by atoms with E-state index in [-0.39, 0.29) is 6.61 Å². The molecule has 0 aliphatic carbocycles. The summed E-state index contributed by atoms with van der Waals surface area (Å²) in [5.74, 6) is 0.441. The first-order valence-electron chi connectivity index (χ1n) is 6.18. The molecule has 0 N–H and O–H groups in total. The second-order valence-corrected chi connectivity index (χ2v) is 4.75. The lowest BCUT2D eigenvalue weighted by molar-refractivity contribution is -0.136. The number of halogens is 1. The van der Waals surface area contributed by atoms with Crippen LogP contribution in [0.5, 0.6) is 11.5 Å². The summed E-state index contributed by atoms with van der Waals surface area (Å²) in [6.07, 6.45) is 0. The maximum atomic E-state index is 11.7. The summed E-state index contributed by atoms with van der Waals surface area (Å²) in [6, 6.07) is 13.5. The quantitative estimate of drug-likeness (QED) is 0.640. The van der Waals surface area contributed by atoms with Crippen LogP contribution < -0.4 is 9.47 Å². The Kier molecular flexibility index (Phi) is 4.81. The van der Waals surface area contributed by atoms with Crippen molar-refractivity contribution < 1.29 is 14.3 Å². The molecule has 0 bridgehead atoms. The molecule has 106 valence electrons. The van der Waals surface area contributed by atoms with Gasteiger partial charge in [-0.1, -0.05) is 11.6 Å². The highest BCUT2D eigenvalue weighted by molar-refractivity contribution is 6.30. The molecule has 0 heterocycles. The van der Waals surface area contributed by atoms with E-state index in [1.54, 1.807) is 49.4 Å². The molecule has 0 saturated heterocycles. The molecule has 2 rings (SSSR count). The molecule has 2 aromatic carbocycles. The highest BCUT2D eigenvalue weighted by Gasteiger charge is 2.08. The van der Waals surface area contributed by atoms with Crippen LogP contribution in [-0.4, -0.2) is 12.6 Å². The standard InChI is InChI=1S/C16H12ClNO3/c1-11-8-13(17)4-7-15(11)21-16(19)10-20-14-5-2-12(9-18)3-6-14/h2-8H,10H2,1H3. The van der Waals surface area contributed by atoms with Crippen molar-refractivity contribution in [1.82, 2.24) is 0 Å². The number of carbonyl (C=O) groups excluding carboxylic acids is 1. The van der Waals surface area contributed by atoms with Gasteiger partial charge in [0.2, 0.25) is 0 Å². The summed E-state index contributed by atoms with van der Waals surface area (Å²) >= 11 is 5.83. The van der Waals surface area contributed by atoms with Crippen LogP contribution in [0.25, 0.3) is 0 Å². The lowest BCUT2D eigenvalue weighted by Gasteiger charge is -2.09. The number of nitriles is 1. The van der Waals surface area contributed by atoms with Gasteiger partial charge in [-0.15, -0.1) is 0 Å². The second-order valence-electron chi connectivity index (χ2n) is 4.31. The van der Waals surface area contributed by atoms with Crippen molar-refractivity contribution in [2.24, 2.45) is 0 Å². The molecule has 0 aromatic heterocycles. The first-order valence-corrected chi connectivity index (χ1v) is 6.56. The molecule has 0 spiro atoms. The molecule has 0 unspecified atom stereocenters. The van der Waals surface area contributed by atoms with E-state index in [9.17, 15) is 4.79 Å². The number of hydrogen-bond donors (Lipinski definition) is 0. The number of aryl methyl sites for hydroxylation is 1. The fraction of sp³-hybridized carbons (Fsp3) is 0.125. The molecule has 0 aliphatic rings. The zero-order chi connectivity index (χ0) is 15.2. The van der Waals surface area contributed by atoms with E-state index >= 15 is 0 Å². The number of benzene rings is 2. The largest absolute Gasteiger partial charge is 0.482 e. The average molecular weight is 302 g/mol. The first kappa shape index (κ1) is 14.9. The van der Waals surface area contributed by atoms with Crippen molar-refractivity contribution in [1.29, 1.82) is 5.26 Å². The van der Waals surface area contributed by atoms with Crippen LogP contribution in [0.1, 0.15) is 11.1 Å². The maximum absolute atomic E-state index is 11.7. The molecule has 4 nitrogen and oxygen atoms in total. The van der Waals surface area contributed by atoms with E-state index in [2.05, 4.69) is 0 Å². The van der Waals surface area contributed by atoms with Crippen molar-refractivity contribution in [3.8, 4) is 17.6 Å². The van der Waals surface area contributed by atoms with E-state index in [0.29, 0.717) is 22.1 Å². The van der Waals surface area contributed by atoms with E-state index in [1.807, 2.05) is 6.07 Å². The molecular weight excluding hydrogens is 290 g/mol. The Morgan fingerprint density at radius 3 is 2.57 bits per heavy atom. The summed E-state index contributed by atoms with van der Waals surface area (Å²) in [5, 5.41) is 9.27. The van der Waals surface area contributed by atoms with Gasteiger partial charge in [0, 0.05) is 5.02 Å². The number of ether oxygens (including phenoxy) is 2. The molecule has 2 aromatic rings. The molecule has 5 heteroatoms. The van der Waals surface area contributed by atoms with Gasteiger partial charge in [0.15, 0.2) is 6.61 Å². The van der Waals surface area contributed by atoms with Gasteiger partial charge in [-0.25, -0.2) is 4.79 Å². The molecule has 0 amide bonds. The van der Waals surface area contributed by atoms with Crippen LogP contribution in [0.4, 0.5) is 0 Å². The monoisotopic (exact) mass is 301 g/mol. The Labute approximate surface area is 127 Å². The zero-order valence-corrected chi connectivity index (χ0v) is 12.1. The number of rotatable bonds is 4. The van der Waals surface area contributed by atoms with Gasteiger partial charge < -0.3 is 9.47 Å². The molecule has 0 aliphatic heterocycles. The van der Waals surface area contributed by atoms with Gasteiger partial charge in [-0.3, -0.25) is 0 Å². The fourth-order valence-corrected chi connectivity index (χ4v) is 1.87. The van der Waals surface area contributed by atoms with Gasteiger partial charge in [-0.05, 0) is 55.0 Å². The normalized spacial score (nSPS) is 9.76.